The van der Waals surface area contributed by atoms with E-state index >= 15 is 0 Å². The molecule has 1 spiro atoms. The molecular weight excluding hydrogens is 424 g/mol. The maximum Gasteiger partial charge on any atom is 0.0728 e. The van der Waals surface area contributed by atoms with Gasteiger partial charge in [0.25, 0.3) is 0 Å². The van der Waals surface area contributed by atoms with Crippen molar-refractivity contribution in [3.8, 4) is 22.3 Å². The standard InChI is InChI=1S/C33H34N2/c1-5-35(6-2)21-23-18-19-27-25-13-7-9-16-29(25)33(31(27)20-23)30-17-10-8-14-26(30)28-15-11-12-24(32(28)33)22-34(3)4/h7-20H,5-6,21-22H2,1-4H3. The highest BCUT2D eigenvalue weighted by Gasteiger charge is 2.52. The Morgan fingerprint density at radius 1 is 0.600 bits per heavy atom. The second-order valence-electron chi connectivity index (χ2n) is 10.3. The Hall–Kier alpha value is -3.20. The SMILES string of the molecule is CCN(CC)Cc1ccc2c(c1)C1(c3ccccc3-2)c2ccccc2-c2cccc(CN(C)C)c21. The number of benzene rings is 4. The van der Waals surface area contributed by atoms with Gasteiger partial charge in [0.05, 0.1) is 5.41 Å². The van der Waals surface area contributed by atoms with Gasteiger partial charge in [-0.25, -0.2) is 0 Å². The summed E-state index contributed by atoms with van der Waals surface area (Å²) in [4.78, 5) is 4.80. The highest BCUT2D eigenvalue weighted by Crippen LogP contribution is 2.63. The van der Waals surface area contributed by atoms with Gasteiger partial charge in [0, 0.05) is 13.1 Å². The molecule has 0 heterocycles. The van der Waals surface area contributed by atoms with E-state index in [2.05, 4.69) is 123 Å². The lowest BCUT2D eigenvalue weighted by molar-refractivity contribution is 0.296. The minimum absolute atomic E-state index is 0.274. The summed E-state index contributed by atoms with van der Waals surface area (Å²) in [5, 5.41) is 0. The van der Waals surface area contributed by atoms with E-state index in [1.54, 1.807) is 0 Å². The summed E-state index contributed by atoms with van der Waals surface area (Å²) in [6.45, 7) is 8.56. The van der Waals surface area contributed by atoms with Crippen LogP contribution >= 0.6 is 0 Å². The molecule has 2 aliphatic carbocycles. The zero-order valence-electron chi connectivity index (χ0n) is 21.3. The molecular formula is C33H34N2. The molecule has 1 atom stereocenters. The first kappa shape index (κ1) is 22.3. The fourth-order valence-electron chi connectivity index (χ4n) is 6.61. The lowest BCUT2D eigenvalue weighted by Gasteiger charge is -2.33. The smallest absolute Gasteiger partial charge is 0.0728 e. The zero-order chi connectivity index (χ0) is 24.2. The van der Waals surface area contributed by atoms with Crippen LogP contribution in [0.1, 0.15) is 47.2 Å². The number of fused-ring (bicyclic) bond motifs is 10. The summed E-state index contributed by atoms with van der Waals surface area (Å²) in [6, 6.07) is 32.4. The van der Waals surface area contributed by atoms with Crippen LogP contribution in [0, 0.1) is 0 Å². The predicted molar refractivity (Wildman–Crippen MR) is 147 cm³/mol. The lowest BCUT2D eigenvalue weighted by atomic mass is 9.69. The Kier molecular flexibility index (Phi) is 5.40. The Bertz CT molecular complexity index is 1400. The number of hydrogen-bond acceptors (Lipinski definition) is 2. The molecule has 0 radical (unpaired) electrons. The number of nitrogens with zero attached hydrogens (tertiary/aromatic N) is 2. The molecule has 6 rings (SSSR count). The summed E-state index contributed by atoms with van der Waals surface area (Å²) >= 11 is 0. The first-order valence-electron chi connectivity index (χ1n) is 12.9. The summed E-state index contributed by atoms with van der Waals surface area (Å²) in [7, 11) is 4.35. The minimum atomic E-state index is -0.274. The summed E-state index contributed by atoms with van der Waals surface area (Å²) < 4.78 is 0. The number of rotatable bonds is 6. The van der Waals surface area contributed by atoms with Gasteiger partial charge >= 0.3 is 0 Å². The van der Waals surface area contributed by atoms with Crippen molar-refractivity contribution in [3.63, 3.8) is 0 Å². The quantitative estimate of drug-likeness (QED) is 0.267. The van der Waals surface area contributed by atoms with Crippen molar-refractivity contribution in [2.24, 2.45) is 0 Å². The van der Waals surface area contributed by atoms with Gasteiger partial charge in [-0.1, -0.05) is 98.8 Å². The van der Waals surface area contributed by atoms with Gasteiger partial charge in [-0.15, -0.1) is 0 Å². The van der Waals surface area contributed by atoms with Crippen molar-refractivity contribution in [3.05, 3.63) is 118 Å². The van der Waals surface area contributed by atoms with Crippen molar-refractivity contribution in [2.75, 3.05) is 27.2 Å². The van der Waals surface area contributed by atoms with Crippen molar-refractivity contribution < 1.29 is 0 Å². The second kappa shape index (κ2) is 8.48. The fraction of sp³-hybridized carbons (Fsp3) is 0.273. The average Bonchev–Trinajstić information content (AvgIpc) is 3.34. The van der Waals surface area contributed by atoms with Crippen molar-refractivity contribution in [2.45, 2.75) is 32.4 Å². The van der Waals surface area contributed by atoms with E-state index < -0.39 is 0 Å². The van der Waals surface area contributed by atoms with E-state index in [0.29, 0.717) is 0 Å². The molecule has 0 aromatic heterocycles. The second-order valence-corrected chi connectivity index (χ2v) is 10.3. The van der Waals surface area contributed by atoms with Crippen LogP contribution in [0.4, 0.5) is 0 Å². The molecule has 0 aliphatic heterocycles. The molecule has 4 aromatic carbocycles. The Morgan fingerprint density at radius 3 is 1.86 bits per heavy atom. The first-order chi connectivity index (χ1) is 17.1. The van der Waals surface area contributed by atoms with Gasteiger partial charge in [0.1, 0.15) is 0 Å². The highest BCUT2D eigenvalue weighted by molar-refractivity contribution is 5.95. The van der Waals surface area contributed by atoms with E-state index in [0.717, 1.165) is 26.2 Å². The maximum atomic E-state index is 2.52. The third-order valence-electron chi connectivity index (χ3n) is 8.04. The van der Waals surface area contributed by atoms with Crippen LogP contribution in [0.5, 0.6) is 0 Å². The van der Waals surface area contributed by atoms with Crippen LogP contribution in [0.15, 0.2) is 84.9 Å². The topological polar surface area (TPSA) is 6.48 Å². The van der Waals surface area contributed by atoms with Crippen LogP contribution in [0.3, 0.4) is 0 Å². The van der Waals surface area contributed by atoms with E-state index in [1.165, 1.54) is 55.6 Å². The molecule has 0 saturated carbocycles. The molecule has 35 heavy (non-hydrogen) atoms. The molecule has 2 heteroatoms. The van der Waals surface area contributed by atoms with Gasteiger partial charge in [0.15, 0.2) is 0 Å². The first-order valence-corrected chi connectivity index (χ1v) is 12.9. The predicted octanol–water partition coefficient (Wildman–Crippen LogP) is 6.93. The van der Waals surface area contributed by atoms with Crippen molar-refractivity contribution in [1.82, 2.24) is 9.80 Å². The molecule has 176 valence electrons. The van der Waals surface area contributed by atoms with Gasteiger partial charge in [-0.3, -0.25) is 4.90 Å². The summed E-state index contributed by atoms with van der Waals surface area (Å²) in [6.07, 6.45) is 0. The highest BCUT2D eigenvalue weighted by atomic mass is 15.1. The van der Waals surface area contributed by atoms with Gasteiger partial charge < -0.3 is 4.90 Å². The van der Waals surface area contributed by atoms with E-state index in [-0.39, 0.29) is 5.41 Å². The third kappa shape index (κ3) is 3.17. The van der Waals surface area contributed by atoms with Crippen LogP contribution in [0.25, 0.3) is 22.3 Å². The van der Waals surface area contributed by atoms with Gasteiger partial charge in [-0.2, -0.15) is 0 Å². The van der Waals surface area contributed by atoms with Crippen molar-refractivity contribution >= 4 is 0 Å². The minimum Gasteiger partial charge on any atom is -0.305 e. The monoisotopic (exact) mass is 458 g/mol. The van der Waals surface area contributed by atoms with Crippen LogP contribution in [0.2, 0.25) is 0 Å². The molecule has 1 unspecified atom stereocenters. The molecule has 0 amide bonds. The van der Waals surface area contributed by atoms with Crippen LogP contribution < -0.4 is 0 Å². The molecule has 4 aromatic rings. The lowest BCUT2D eigenvalue weighted by Crippen LogP contribution is -2.29. The summed E-state index contributed by atoms with van der Waals surface area (Å²) in [5.41, 5.74) is 13.8. The Labute approximate surface area is 209 Å². The molecule has 0 fully saturated rings. The fourth-order valence-corrected chi connectivity index (χ4v) is 6.61. The largest absolute Gasteiger partial charge is 0.305 e. The van der Waals surface area contributed by atoms with Crippen LogP contribution in [-0.4, -0.2) is 37.0 Å². The van der Waals surface area contributed by atoms with Crippen molar-refractivity contribution in [1.29, 1.82) is 0 Å². The van der Waals surface area contributed by atoms with E-state index in [9.17, 15) is 0 Å². The summed E-state index contributed by atoms with van der Waals surface area (Å²) in [5.74, 6) is 0. The molecule has 0 bridgehead atoms. The third-order valence-corrected chi connectivity index (χ3v) is 8.04. The maximum absolute atomic E-state index is 2.52. The zero-order valence-corrected chi connectivity index (χ0v) is 21.3. The van der Waals surface area contributed by atoms with E-state index in [4.69, 9.17) is 0 Å². The van der Waals surface area contributed by atoms with Crippen LogP contribution in [-0.2, 0) is 18.5 Å². The number of hydrogen-bond donors (Lipinski definition) is 0. The van der Waals surface area contributed by atoms with Gasteiger partial charge in [-0.05, 0) is 82.8 Å². The van der Waals surface area contributed by atoms with Gasteiger partial charge in [0.2, 0.25) is 0 Å². The molecule has 2 aliphatic rings. The van der Waals surface area contributed by atoms with E-state index in [1.807, 2.05) is 0 Å². The molecule has 0 saturated heterocycles. The Morgan fingerprint density at radius 2 is 1.20 bits per heavy atom. The molecule has 2 nitrogen and oxygen atoms in total. The normalized spacial score (nSPS) is 17.1. The average molecular weight is 459 g/mol. The molecule has 0 N–H and O–H groups in total. The Balaban J connectivity index is 1.71.